The highest BCUT2D eigenvalue weighted by atomic mass is 16.2. The molecule has 0 aromatic heterocycles. The molecular formula is C24H28N4O2. The van der Waals surface area contributed by atoms with Crippen LogP contribution in [-0.2, 0) is 22.6 Å². The molecule has 3 N–H and O–H groups in total. The van der Waals surface area contributed by atoms with Crippen LogP contribution in [0.1, 0.15) is 37.3 Å². The first-order valence-corrected chi connectivity index (χ1v) is 10.4. The van der Waals surface area contributed by atoms with Crippen molar-refractivity contribution in [3.8, 4) is 17.2 Å². The maximum atomic E-state index is 12.4. The Morgan fingerprint density at radius 1 is 1.13 bits per heavy atom. The van der Waals surface area contributed by atoms with Gasteiger partial charge in [-0.25, -0.2) is 0 Å². The molecule has 1 fully saturated rings. The Morgan fingerprint density at radius 3 is 2.60 bits per heavy atom. The van der Waals surface area contributed by atoms with E-state index in [2.05, 4.69) is 28.1 Å². The third kappa shape index (κ3) is 6.16. The number of carbonyl (C=O) groups excluding carboxylic acids is 2. The summed E-state index contributed by atoms with van der Waals surface area (Å²) in [6.45, 7) is 2.86. The zero-order valence-corrected chi connectivity index (χ0v) is 17.3. The number of amides is 2. The molecule has 1 saturated heterocycles. The molecule has 1 heterocycles. The van der Waals surface area contributed by atoms with Crippen molar-refractivity contribution in [3.63, 3.8) is 0 Å². The lowest BCUT2D eigenvalue weighted by Gasteiger charge is -2.23. The number of carbonyl (C=O) groups is 2. The summed E-state index contributed by atoms with van der Waals surface area (Å²) in [5, 5.41) is 18.4. The molecule has 2 aromatic carbocycles. The summed E-state index contributed by atoms with van der Waals surface area (Å²) in [6.07, 6.45) is 3.42. The minimum Gasteiger partial charge on any atom is -0.352 e. The number of nitriles is 1. The van der Waals surface area contributed by atoms with Gasteiger partial charge >= 0.3 is 0 Å². The lowest BCUT2D eigenvalue weighted by Crippen LogP contribution is -2.49. The van der Waals surface area contributed by atoms with Crippen LogP contribution in [-0.4, -0.2) is 30.4 Å². The van der Waals surface area contributed by atoms with Gasteiger partial charge < -0.3 is 16.0 Å². The monoisotopic (exact) mass is 404 g/mol. The molecule has 1 aliphatic rings. The summed E-state index contributed by atoms with van der Waals surface area (Å²) in [5.74, 6) is -0.142. The van der Waals surface area contributed by atoms with Crippen molar-refractivity contribution in [2.24, 2.45) is 0 Å². The fourth-order valence-corrected chi connectivity index (χ4v) is 3.63. The van der Waals surface area contributed by atoms with E-state index >= 15 is 0 Å². The molecule has 6 heteroatoms. The molecule has 2 amide bonds. The van der Waals surface area contributed by atoms with E-state index < -0.39 is 6.04 Å². The van der Waals surface area contributed by atoms with Crippen molar-refractivity contribution in [2.45, 2.75) is 51.2 Å². The van der Waals surface area contributed by atoms with Crippen molar-refractivity contribution in [2.75, 3.05) is 6.54 Å². The predicted molar refractivity (Wildman–Crippen MR) is 116 cm³/mol. The minimum atomic E-state index is -0.548. The van der Waals surface area contributed by atoms with Gasteiger partial charge in [0, 0.05) is 19.9 Å². The predicted octanol–water partition coefficient (Wildman–Crippen LogP) is 2.68. The van der Waals surface area contributed by atoms with Crippen LogP contribution in [0.25, 0.3) is 11.1 Å². The average molecular weight is 405 g/mol. The zero-order valence-electron chi connectivity index (χ0n) is 17.3. The summed E-state index contributed by atoms with van der Waals surface area (Å²) in [5.41, 5.74) is 4.16. The van der Waals surface area contributed by atoms with E-state index in [1.54, 1.807) is 0 Å². The second-order valence-electron chi connectivity index (χ2n) is 7.70. The van der Waals surface area contributed by atoms with E-state index in [9.17, 15) is 14.9 Å². The van der Waals surface area contributed by atoms with Gasteiger partial charge in [0.15, 0.2) is 0 Å². The molecule has 3 rings (SSSR count). The van der Waals surface area contributed by atoms with E-state index in [-0.39, 0.29) is 17.9 Å². The molecule has 1 aliphatic heterocycles. The maximum Gasteiger partial charge on any atom is 0.238 e. The smallest absolute Gasteiger partial charge is 0.238 e. The largest absolute Gasteiger partial charge is 0.352 e. The molecule has 0 spiro atoms. The SMILES string of the molecule is CC(=O)NCc1cccc(-c2ccc(C[C@@H](C#N)NC(=O)[C@@H]3CCCCN3)cc2)c1. The van der Waals surface area contributed by atoms with Crippen LogP contribution in [0.2, 0.25) is 0 Å². The van der Waals surface area contributed by atoms with E-state index in [0.29, 0.717) is 13.0 Å². The minimum absolute atomic E-state index is 0.0526. The van der Waals surface area contributed by atoms with Crippen molar-refractivity contribution in [1.82, 2.24) is 16.0 Å². The van der Waals surface area contributed by atoms with Gasteiger partial charge in [-0.3, -0.25) is 9.59 Å². The average Bonchev–Trinajstić information content (AvgIpc) is 2.78. The second-order valence-corrected chi connectivity index (χ2v) is 7.70. The number of piperidine rings is 1. The second kappa shape index (κ2) is 10.6. The zero-order chi connectivity index (χ0) is 21.3. The maximum absolute atomic E-state index is 12.4. The Hall–Kier alpha value is -3.17. The molecule has 30 heavy (non-hydrogen) atoms. The molecule has 0 saturated carbocycles. The van der Waals surface area contributed by atoms with Gasteiger partial charge in [0.2, 0.25) is 11.8 Å². The van der Waals surface area contributed by atoms with Crippen molar-refractivity contribution in [1.29, 1.82) is 5.26 Å². The van der Waals surface area contributed by atoms with Gasteiger partial charge in [-0.1, -0.05) is 48.9 Å². The van der Waals surface area contributed by atoms with Crippen LogP contribution >= 0.6 is 0 Å². The molecule has 0 unspecified atom stereocenters. The summed E-state index contributed by atoms with van der Waals surface area (Å²) < 4.78 is 0. The van der Waals surface area contributed by atoms with Gasteiger partial charge in [0.1, 0.15) is 6.04 Å². The Kier molecular flexibility index (Phi) is 7.58. The van der Waals surface area contributed by atoms with Crippen LogP contribution in [0.15, 0.2) is 48.5 Å². The first-order valence-electron chi connectivity index (χ1n) is 10.4. The topological polar surface area (TPSA) is 94.0 Å². The van der Waals surface area contributed by atoms with Crippen LogP contribution in [0.4, 0.5) is 0 Å². The van der Waals surface area contributed by atoms with E-state index in [0.717, 1.165) is 48.1 Å². The summed E-state index contributed by atoms with van der Waals surface area (Å²) in [4.78, 5) is 23.5. The normalized spacial score (nSPS) is 16.9. The third-order valence-corrected chi connectivity index (χ3v) is 5.29. The highest BCUT2D eigenvalue weighted by molar-refractivity contribution is 5.82. The van der Waals surface area contributed by atoms with Crippen LogP contribution in [0, 0.1) is 11.3 Å². The Morgan fingerprint density at radius 2 is 1.93 bits per heavy atom. The van der Waals surface area contributed by atoms with Crippen LogP contribution in [0.3, 0.4) is 0 Å². The Balaban J connectivity index is 1.60. The number of hydrogen-bond acceptors (Lipinski definition) is 4. The molecule has 6 nitrogen and oxygen atoms in total. The van der Waals surface area contributed by atoms with Crippen LogP contribution < -0.4 is 16.0 Å². The summed E-state index contributed by atoms with van der Waals surface area (Å²) >= 11 is 0. The number of nitrogens with one attached hydrogen (secondary N) is 3. The number of benzene rings is 2. The van der Waals surface area contributed by atoms with Gasteiger partial charge in [0.05, 0.1) is 12.1 Å². The number of hydrogen-bond donors (Lipinski definition) is 3. The van der Waals surface area contributed by atoms with Gasteiger partial charge in [-0.15, -0.1) is 0 Å². The van der Waals surface area contributed by atoms with Crippen molar-refractivity contribution in [3.05, 3.63) is 59.7 Å². The number of rotatable bonds is 7. The quantitative estimate of drug-likeness (QED) is 0.661. The highest BCUT2D eigenvalue weighted by Crippen LogP contribution is 2.21. The molecule has 0 radical (unpaired) electrons. The standard InChI is InChI=1S/C24H28N4O2/c1-17(29)27-16-19-5-4-6-21(13-19)20-10-8-18(9-11-20)14-22(15-25)28-24(30)23-7-2-3-12-26-23/h4-6,8-11,13,22-23,26H,2-3,7,12,14,16H2,1H3,(H,27,29)(H,28,30)/t22-,23-/m0/s1. The van der Waals surface area contributed by atoms with E-state index in [1.807, 2.05) is 42.5 Å². The summed E-state index contributed by atoms with van der Waals surface area (Å²) in [6, 6.07) is 17.5. The fraction of sp³-hybridized carbons (Fsp3) is 0.375. The van der Waals surface area contributed by atoms with Gasteiger partial charge in [0.25, 0.3) is 0 Å². The number of nitrogens with zero attached hydrogens (tertiary/aromatic N) is 1. The molecular weight excluding hydrogens is 376 g/mol. The summed E-state index contributed by atoms with van der Waals surface area (Å²) in [7, 11) is 0. The molecule has 0 bridgehead atoms. The first kappa shape index (κ1) is 21.5. The fourth-order valence-electron chi connectivity index (χ4n) is 3.63. The van der Waals surface area contributed by atoms with Crippen molar-refractivity contribution >= 4 is 11.8 Å². The van der Waals surface area contributed by atoms with E-state index in [1.165, 1.54) is 6.92 Å². The highest BCUT2D eigenvalue weighted by Gasteiger charge is 2.23. The van der Waals surface area contributed by atoms with E-state index in [4.69, 9.17) is 0 Å². The first-order chi connectivity index (χ1) is 14.5. The Labute approximate surface area is 177 Å². The van der Waals surface area contributed by atoms with Crippen LogP contribution in [0.5, 0.6) is 0 Å². The van der Waals surface area contributed by atoms with Gasteiger partial charge in [-0.2, -0.15) is 5.26 Å². The van der Waals surface area contributed by atoms with Crippen molar-refractivity contribution < 1.29 is 9.59 Å². The molecule has 156 valence electrons. The molecule has 2 aromatic rings. The molecule has 0 aliphatic carbocycles. The molecule has 2 atom stereocenters. The lowest BCUT2D eigenvalue weighted by molar-refractivity contribution is -0.124. The lowest BCUT2D eigenvalue weighted by atomic mass is 9.99. The Bertz CT molecular complexity index is 912. The van der Waals surface area contributed by atoms with Gasteiger partial charge in [-0.05, 0) is 47.7 Å². The third-order valence-electron chi connectivity index (χ3n) is 5.29.